The molecule has 0 aliphatic heterocycles. The average molecular weight is 253 g/mol. The van der Waals surface area contributed by atoms with Crippen LogP contribution in [0.2, 0.25) is 0 Å². The maximum Gasteiger partial charge on any atom is 0.391 e. The molecule has 1 fully saturated rings. The van der Waals surface area contributed by atoms with Gasteiger partial charge in [-0.25, -0.2) is 0 Å². The van der Waals surface area contributed by atoms with Gasteiger partial charge in [0.2, 0.25) is 0 Å². The van der Waals surface area contributed by atoms with Gasteiger partial charge in [0, 0.05) is 12.6 Å². The van der Waals surface area contributed by atoms with Crippen LogP contribution in [0, 0.1) is 5.92 Å². The highest BCUT2D eigenvalue weighted by molar-refractivity contribution is 4.80. The zero-order valence-corrected chi connectivity index (χ0v) is 10.5. The van der Waals surface area contributed by atoms with E-state index >= 15 is 0 Å². The van der Waals surface area contributed by atoms with Crippen LogP contribution in [0.5, 0.6) is 0 Å². The Hall–Kier alpha value is -0.290. The van der Waals surface area contributed by atoms with Crippen molar-refractivity contribution in [2.45, 2.75) is 57.9 Å². The summed E-state index contributed by atoms with van der Waals surface area (Å²) in [5.41, 5.74) is 0. The second kappa shape index (κ2) is 6.59. The summed E-state index contributed by atoms with van der Waals surface area (Å²) in [6, 6.07) is 0.226. The van der Waals surface area contributed by atoms with Crippen LogP contribution < -0.4 is 5.32 Å². The Morgan fingerprint density at radius 2 is 1.76 bits per heavy atom. The van der Waals surface area contributed by atoms with Gasteiger partial charge in [-0.2, -0.15) is 13.2 Å². The molecule has 0 saturated heterocycles. The normalized spacial score (nSPS) is 26.5. The largest absolute Gasteiger partial charge is 0.391 e. The monoisotopic (exact) mass is 253 g/mol. The molecule has 1 rings (SSSR count). The van der Waals surface area contributed by atoms with Gasteiger partial charge in [-0.3, -0.25) is 0 Å². The van der Waals surface area contributed by atoms with E-state index in [1.54, 1.807) is 0 Å². The Bertz CT molecular complexity index is 210. The molecule has 0 aromatic heterocycles. The molecule has 1 saturated carbocycles. The summed E-state index contributed by atoms with van der Waals surface area (Å²) >= 11 is 0. The summed E-state index contributed by atoms with van der Waals surface area (Å²) in [6.07, 6.45) is -2.06. The van der Waals surface area contributed by atoms with Crippen LogP contribution in [0.1, 0.15) is 39.5 Å². The van der Waals surface area contributed by atoms with E-state index in [1.807, 2.05) is 13.8 Å². The lowest BCUT2D eigenvalue weighted by atomic mass is 9.85. The van der Waals surface area contributed by atoms with Gasteiger partial charge in [-0.1, -0.05) is 0 Å². The van der Waals surface area contributed by atoms with E-state index in [9.17, 15) is 13.2 Å². The molecule has 0 aromatic rings. The van der Waals surface area contributed by atoms with E-state index in [0.29, 0.717) is 19.4 Å². The Kier molecular flexibility index (Phi) is 5.73. The van der Waals surface area contributed by atoms with Gasteiger partial charge >= 0.3 is 6.18 Å². The van der Waals surface area contributed by atoms with Crippen molar-refractivity contribution in [3.63, 3.8) is 0 Å². The second-order valence-electron chi connectivity index (χ2n) is 4.96. The first-order chi connectivity index (χ1) is 7.89. The highest BCUT2D eigenvalue weighted by Gasteiger charge is 2.41. The van der Waals surface area contributed by atoms with Crippen LogP contribution in [-0.2, 0) is 4.74 Å². The molecule has 0 aromatic carbocycles. The average Bonchev–Trinajstić information content (AvgIpc) is 2.23. The molecular weight excluding hydrogens is 231 g/mol. The molecule has 0 atom stereocenters. The maximum atomic E-state index is 12.4. The molecule has 0 bridgehead atoms. The molecule has 0 spiro atoms. The van der Waals surface area contributed by atoms with E-state index in [-0.39, 0.29) is 25.0 Å². The van der Waals surface area contributed by atoms with Crippen molar-refractivity contribution in [3.05, 3.63) is 0 Å². The molecule has 0 radical (unpaired) electrons. The van der Waals surface area contributed by atoms with Crippen LogP contribution in [0.4, 0.5) is 13.2 Å². The third-order valence-electron chi connectivity index (χ3n) is 3.18. The number of ether oxygens (including phenoxy) is 1. The molecule has 102 valence electrons. The van der Waals surface area contributed by atoms with Gasteiger partial charge in [-0.05, 0) is 39.5 Å². The van der Waals surface area contributed by atoms with E-state index in [1.165, 1.54) is 0 Å². The lowest BCUT2D eigenvalue weighted by molar-refractivity contribution is -0.182. The zero-order valence-electron chi connectivity index (χ0n) is 10.5. The Labute approximate surface area is 101 Å². The van der Waals surface area contributed by atoms with E-state index in [0.717, 1.165) is 6.54 Å². The van der Waals surface area contributed by atoms with Crippen molar-refractivity contribution in [2.24, 2.45) is 5.92 Å². The van der Waals surface area contributed by atoms with Crippen molar-refractivity contribution in [3.8, 4) is 0 Å². The summed E-state index contributed by atoms with van der Waals surface area (Å²) in [6.45, 7) is 5.28. The SMILES string of the molecule is CC(C)OCCNC1CCC(C(F)(F)F)CC1. The number of alkyl halides is 3. The fourth-order valence-corrected chi connectivity index (χ4v) is 2.18. The van der Waals surface area contributed by atoms with Crippen LogP contribution in [0.3, 0.4) is 0 Å². The van der Waals surface area contributed by atoms with Crippen LogP contribution in [0.15, 0.2) is 0 Å². The number of rotatable bonds is 5. The van der Waals surface area contributed by atoms with E-state index < -0.39 is 12.1 Å². The standard InChI is InChI=1S/C12H22F3NO/c1-9(2)17-8-7-16-11-5-3-10(4-6-11)12(13,14)15/h9-11,16H,3-8H2,1-2H3. The van der Waals surface area contributed by atoms with E-state index in [2.05, 4.69) is 5.32 Å². The van der Waals surface area contributed by atoms with Crippen molar-refractivity contribution in [1.82, 2.24) is 5.32 Å². The van der Waals surface area contributed by atoms with E-state index in [4.69, 9.17) is 4.74 Å². The van der Waals surface area contributed by atoms with Crippen LogP contribution in [0.25, 0.3) is 0 Å². The molecule has 1 aliphatic rings. The van der Waals surface area contributed by atoms with Gasteiger partial charge in [-0.15, -0.1) is 0 Å². The van der Waals surface area contributed by atoms with Gasteiger partial charge in [0.05, 0.1) is 18.6 Å². The van der Waals surface area contributed by atoms with Crippen LogP contribution in [-0.4, -0.2) is 31.5 Å². The first-order valence-electron chi connectivity index (χ1n) is 6.31. The molecule has 5 heteroatoms. The predicted molar refractivity (Wildman–Crippen MR) is 60.9 cm³/mol. The van der Waals surface area contributed by atoms with Crippen molar-refractivity contribution < 1.29 is 17.9 Å². The molecule has 0 amide bonds. The van der Waals surface area contributed by atoms with Gasteiger partial charge in [0.15, 0.2) is 0 Å². The number of halogens is 3. The highest BCUT2D eigenvalue weighted by atomic mass is 19.4. The molecular formula is C12H22F3NO. The summed E-state index contributed by atoms with van der Waals surface area (Å²) in [7, 11) is 0. The lowest BCUT2D eigenvalue weighted by Gasteiger charge is -2.30. The Balaban J connectivity index is 2.11. The third kappa shape index (κ3) is 5.73. The first kappa shape index (κ1) is 14.8. The van der Waals surface area contributed by atoms with Gasteiger partial charge < -0.3 is 10.1 Å². The Morgan fingerprint density at radius 1 is 1.18 bits per heavy atom. The fraction of sp³-hybridized carbons (Fsp3) is 1.00. The predicted octanol–water partition coefficient (Wildman–Crippen LogP) is 3.12. The second-order valence-corrected chi connectivity index (χ2v) is 4.96. The quantitative estimate of drug-likeness (QED) is 0.760. The molecule has 2 nitrogen and oxygen atoms in total. The number of hydrogen-bond acceptors (Lipinski definition) is 2. The first-order valence-corrected chi connectivity index (χ1v) is 6.31. The van der Waals surface area contributed by atoms with Crippen molar-refractivity contribution in [1.29, 1.82) is 0 Å². The molecule has 0 heterocycles. The molecule has 1 N–H and O–H groups in total. The summed E-state index contributed by atoms with van der Waals surface area (Å²) < 4.78 is 42.6. The lowest BCUT2D eigenvalue weighted by Crippen LogP contribution is -2.38. The zero-order chi connectivity index (χ0) is 12.9. The highest BCUT2D eigenvalue weighted by Crippen LogP contribution is 2.37. The summed E-state index contributed by atoms with van der Waals surface area (Å²) in [5.74, 6) is -1.09. The van der Waals surface area contributed by atoms with Crippen molar-refractivity contribution in [2.75, 3.05) is 13.2 Å². The van der Waals surface area contributed by atoms with Gasteiger partial charge in [0.25, 0.3) is 0 Å². The minimum Gasteiger partial charge on any atom is -0.377 e. The third-order valence-corrected chi connectivity index (χ3v) is 3.18. The maximum absolute atomic E-state index is 12.4. The minimum atomic E-state index is -4.01. The topological polar surface area (TPSA) is 21.3 Å². The van der Waals surface area contributed by atoms with Crippen LogP contribution >= 0.6 is 0 Å². The minimum absolute atomic E-state index is 0.206. The smallest absolute Gasteiger partial charge is 0.377 e. The van der Waals surface area contributed by atoms with Crippen molar-refractivity contribution >= 4 is 0 Å². The summed E-state index contributed by atoms with van der Waals surface area (Å²) in [4.78, 5) is 0. The molecule has 17 heavy (non-hydrogen) atoms. The number of nitrogens with one attached hydrogen (secondary N) is 1. The fourth-order valence-electron chi connectivity index (χ4n) is 2.18. The number of hydrogen-bond donors (Lipinski definition) is 1. The molecule has 1 aliphatic carbocycles. The summed E-state index contributed by atoms with van der Waals surface area (Å²) in [5, 5.41) is 3.26. The Morgan fingerprint density at radius 3 is 2.24 bits per heavy atom. The van der Waals surface area contributed by atoms with Gasteiger partial charge in [0.1, 0.15) is 0 Å². The molecule has 0 unspecified atom stereocenters.